The number of halogens is 1. The molecule has 0 radical (unpaired) electrons. The van der Waals surface area contributed by atoms with Crippen LogP contribution < -0.4 is 0 Å². The molecule has 0 unspecified atom stereocenters. The summed E-state index contributed by atoms with van der Waals surface area (Å²) in [6.45, 7) is 2.47. The van der Waals surface area contributed by atoms with Gasteiger partial charge in [-0.15, -0.1) is 0 Å². The third kappa shape index (κ3) is 3.71. The maximum Gasteiger partial charge on any atom is 0.246 e. The quantitative estimate of drug-likeness (QED) is 0.880. The zero-order valence-corrected chi connectivity index (χ0v) is 12.2. The molecule has 0 fully saturated rings. The standard InChI is InChI=1S/C15H16ClN3O/c1-11-3-4-12(7-14(11)16)5-6-15(20)19(2)10-13-8-17-18-9-13/h3-9H,10H2,1-2H3,(H,17,18). The Balaban J connectivity index is 1.99. The summed E-state index contributed by atoms with van der Waals surface area (Å²) in [6, 6.07) is 5.71. The molecule has 1 amide bonds. The highest BCUT2D eigenvalue weighted by atomic mass is 35.5. The third-order valence-electron chi connectivity index (χ3n) is 2.97. The van der Waals surface area contributed by atoms with Crippen molar-refractivity contribution in [3.63, 3.8) is 0 Å². The lowest BCUT2D eigenvalue weighted by Crippen LogP contribution is -2.23. The zero-order valence-electron chi connectivity index (χ0n) is 11.4. The Hall–Kier alpha value is -2.07. The van der Waals surface area contributed by atoms with Crippen LogP contribution in [0.4, 0.5) is 0 Å². The van der Waals surface area contributed by atoms with Gasteiger partial charge in [-0.2, -0.15) is 5.10 Å². The Morgan fingerprint density at radius 3 is 2.95 bits per heavy atom. The maximum atomic E-state index is 12.0. The second-order valence-corrected chi connectivity index (χ2v) is 5.05. The first kappa shape index (κ1) is 14.3. The van der Waals surface area contributed by atoms with Crippen molar-refractivity contribution in [1.82, 2.24) is 15.1 Å². The first-order chi connectivity index (χ1) is 9.56. The fourth-order valence-corrected chi connectivity index (χ4v) is 1.91. The highest BCUT2D eigenvalue weighted by molar-refractivity contribution is 6.31. The Bertz CT molecular complexity index is 620. The van der Waals surface area contributed by atoms with E-state index in [1.54, 1.807) is 36.5 Å². The minimum absolute atomic E-state index is 0.0668. The molecule has 1 aromatic heterocycles. The molecule has 0 aliphatic heterocycles. The van der Waals surface area contributed by atoms with Gasteiger partial charge in [-0.05, 0) is 30.2 Å². The number of H-pyrrole nitrogens is 1. The van der Waals surface area contributed by atoms with Crippen LogP contribution in [0.25, 0.3) is 6.08 Å². The number of carbonyl (C=O) groups excluding carboxylic acids is 1. The van der Waals surface area contributed by atoms with Gasteiger partial charge in [0, 0.05) is 36.5 Å². The van der Waals surface area contributed by atoms with Crippen LogP contribution in [0.3, 0.4) is 0 Å². The van der Waals surface area contributed by atoms with Gasteiger partial charge in [-0.25, -0.2) is 0 Å². The molecule has 5 heteroatoms. The number of amides is 1. The summed E-state index contributed by atoms with van der Waals surface area (Å²) in [5.74, 6) is -0.0668. The molecular formula is C15H16ClN3O. The number of hydrogen-bond acceptors (Lipinski definition) is 2. The molecule has 1 N–H and O–H groups in total. The number of hydrogen-bond donors (Lipinski definition) is 1. The summed E-state index contributed by atoms with van der Waals surface area (Å²) in [5.41, 5.74) is 2.89. The van der Waals surface area contributed by atoms with Crippen molar-refractivity contribution in [3.05, 3.63) is 58.4 Å². The van der Waals surface area contributed by atoms with Crippen LogP contribution >= 0.6 is 11.6 Å². The average Bonchev–Trinajstić information content (AvgIpc) is 2.92. The normalized spacial score (nSPS) is 10.9. The fourth-order valence-electron chi connectivity index (χ4n) is 1.72. The molecule has 2 rings (SSSR count). The number of benzene rings is 1. The van der Waals surface area contributed by atoms with E-state index in [1.807, 2.05) is 25.1 Å². The number of aromatic nitrogens is 2. The number of aryl methyl sites for hydroxylation is 1. The first-order valence-corrected chi connectivity index (χ1v) is 6.61. The van der Waals surface area contributed by atoms with Crippen LogP contribution in [0.15, 0.2) is 36.7 Å². The van der Waals surface area contributed by atoms with Gasteiger partial charge in [0.1, 0.15) is 0 Å². The summed E-state index contributed by atoms with van der Waals surface area (Å²) in [6.07, 6.45) is 6.78. The van der Waals surface area contributed by atoms with E-state index in [1.165, 1.54) is 0 Å². The van der Waals surface area contributed by atoms with Crippen molar-refractivity contribution in [2.24, 2.45) is 0 Å². The molecule has 0 bridgehead atoms. The lowest BCUT2D eigenvalue weighted by molar-refractivity contribution is -0.125. The Morgan fingerprint density at radius 1 is 1.50 bits per heavy atom. The van der Waals surface area contributed by atoms with Gasteiger partial charge < -0.3 is 4.90 Å². The summed E-state index contributed by atoms with van der Waals surface area (Å²) < 4.78 is 0. The van der Waals surface area contributed by atoms with Gasteiger partial charge >= 0.3 is 0 Å². The number of rotatable bonds is 4. The Morgan fingerprint density at radius 2 is 2.30 bits per heavy atom. The molecule has 4 nitrogen and oxygen atoms in total. The lowest BCUT2D eigenvalue weighted by atomic mass is 10.1. The highest BCUT2D eigenvalue weighted by Crippen LogP contribution is 2.17. The predicted molar refractivity (Wildman–Crippen MR) is 80.3 cm³/mol. The minimum Gasteiger partial charge on any atom is -0.338 e. The smallest absolute Gasteiger partial charge is 0.246 e. The first-order valence-electron chi connectivity index (χ1n) is 6.23. The van der Waals surface area contributed by atoms with Crippen LogP contribution in [-0.4, -0.2) is 28.1 Å². The van der Waals surface area contributed by atoms with E-state index in [0.717, 1.165) is 16.7 Å². The fraction of sp³-hybridized carbons (Fsp3) is 0.200. The van der Waals surface area contributed by atoms with Crippen LogP contribution in [0.1, 0.15) is 16.7 Å². The van der Waals surface area contributed by atoms with Crippen LogP contribution in [0.5, 0.6) is 0 Å². The van der Waals surface area contributed by atoms with E-state index in [-0.39, 0.29) is 5.91 Å². The molecule has 2 aromatic rings. The second kappa shape index (κ2) is 6.39. The van der Waals surface area contributed by atoms with Crippen molar-refractivity contribution in [2.45, 2.75) is 13.5 Å². The average molecular weight is 290 g/mol. The van der Waals surface area contributed by atoms with Crippen molar-refractivity contribution in [3.8, 4) is 0 Å². The molecule has 1 aromatic carbocycles. The van der Waals surface area contributed by atoms with Crippen molar-refractivity contribution >= 4 is 23.6 Å². The van der Waals surface area contributed by atoms with Gasteiger partial charge in [0.2, 0.25) is 5.91 Å². The van der Waals surface area contributed by atoms with Gasteiger partial charge in [-0.3, -0.25) is 9.89 Å². The van der Waals surface area contributed by atoms with E-state index >= 15 is 0 Å². The highest BCUT2D eigenvalue weighted by Gasteiger charge is 2.06. The monoisotopic (exact) mass is 289 g/mol. The van der Waals surface area contributed by atoms with E-state index in [4.69, 9.17) is 11.6 Å². The molecule has 0 atom stereocenters. The molecular weight excluding hydrogens is 274 g/mol. The van der Waals surface area contributed by atoms with E-state index in [2.05, 4.69) is 10.2 Å². The molecule has 0 spiro atoms. The topological polar surface area (TPSA) is 49.0 Å². The minimum atomic E-state index is -0.0668. The summed E-state index contributed by atoms with van der Waals surface area (Å²) in [4.78, 5) is 13.6. The molecule has 0 saturated carbocycles. The molecule has 104 valence electrons. The largest absolute Gasteiger partial charge is 0.338 e. The summed E-state index contributed by atoms with van der Waals surface area (Å²) in [5, 5.41) is 7.27. The third-order valence-corrected chi connectivity index (χ3v) is 3.37. The van der Waals surface area contributed by atoms with Gasteiger partial charge in [0.05, 0.1) is 6.20 Å². The van der Waals surface area contributed by atoms with E-state index in [0.29, 0.717) is 11.6 Å². The second-order valence-electron chi connectivity index (χ2n) is 4.64. The van der Waals surface area contributed by atoms with E-state index < -0.39 is 0 Å². The zero-order chi connectivity index (χ0) is 14.5. The van der Waals surface area contributed by atoms with Gasteiger partial charge in [0.15, 0.2) is 0 Å². The number of carbonyl (C=O) groups is 1. The van der Waals surface area contributed by atoms with Crippen LogP contribution in [0.2, 0.25) is 5.02 Å². The van der Waals surface area contributed by atoms with Gasteiger partial charge in [-0.1, -0.05) is 23.7 Å². The van der Waals surface area contributed by atoms with Crippen molar-refractivity contribution < 1.29 is 4.79 Å². The van der Waals surface area contributed by atoms with Gasteiger partial charge in [0.25, 0.3) is 0 Å². The molecule has 1 heterocycles. The Kier molecular flexibility index (Phi) is 4.58. The SMILES string of the molecule is Cc1ccc(C=CC(=O)N(C)Cc2cn[nH]c2)cc1Cl. The molecule has 0 aliphatic rings. The molecule has 0 aliphatic carbocycles. The maximum absolute atomic E-state index is 12.0. The molecule has 0 saturated heterocycles. The number of likely N-dealkylation sites (N-methyl/N-ethyl adjacent to an activating group) is 1. The van der Waals surface area contributed by atoms with Crippen LogP contribution in [0, 0.1) is 6.92 Å². The van der Waals surface area contributed by atoms with Crippen molar-refractivity contribution in [2.75, 3.05) is 7.05 Å². The lowest BCUT2D eigenvalue weighted by Gasteiger charge is -2.13. The van der Waals surface area contributed by atoms with Crippen LogP contribution in [-0.2, 0) is 11.3 Å². The number of nitrogens with one attached hydrogen (secondary N) is 1. The Labute approximate surface area is 123 Å². The van der Waals surface area contributed by atoms with Crippen molar-refractivity contribution in [1.29, 1.82) is 0 Å². The molecule has 20 heavy (non-hydrogen) atoms. The predicted octanol–water partition coefficient (Wildman–Crippen LogP) is 3.04. The number of nitrogens with zero attached hydrogens (tertiary/aromatic N) is 2. The summed E-state index contributed by atoms with van der Waals surface area (Å²) >= 11 is 6.05. The summed E-state index contributed by atoms with van der Waals surface area (Å²) in [7, 11) is 1.75. The van der Waals surface area contributed by atoms with E-state index in [9.17, 15) is 4.79 Å². The number of aromatic amines is 1.